The smallest absolute Gasteiger partial charge is 0.311 e. The molecule has 1 unspecified atom stereocenters. The van der Waals surface area contributed by atoms with Gasteiger partial charge in [-0.3, -0.25) is 18.3 Å². The van der Waals surface area contributed by atoms with Gasteiger partial charge in [0.15, 0.2) is 11.2 Å². The Morgan fingerprint density at radius 3 is 2.44 bits per heavy atom. The van der Waals surface area contributed by atoms with Crippen LogP contribution in [0.1, 0.15) is 44.6 Å². The van der Waals surface area contributed by atoms with Gasteiger partial charge in [0.2, 0.25) is 5.78 Å². The molecule has 0 aliphatic heterocycles. The first-order chi connectivity index (χ1) is 11.7. The lowest BCUT2D eigenvalue weighted by Gasteiger charge is -2.13. The number of allylic oxidation sites excluding steroid dienone is 1. The lowest BCUT2D eigenvalue weighted by atomic mass is 10.2. The number of hydrogen-bond donors (Lipinski definition) is 0. The lowest BCUT2D eigenvalue weighted by molar-refractivity contribution is 0.532. The fourth-order valence-corrected chi connectivity index (χ4v) is 3.39. The summed E-state index contributed by atoms with van der Waals surface area (Å²) in [5, 5.41) is 0. The molecule has 0 aliphatic rings. The first kappa shape index (κ1) is 17.3. The molecule has 3 rings (SSSR count). The van der Waals surface area contributed by atoms with Crippen LogP contribution >= 0.6 is 0 Å². The molecule has 0 saturated carbocycles. The Hall–Kier alpha value is -2.57. The molecule has 0 radical (unpaired) electrons. The van der Waals surface area contributed by atoms with E-state index < -0.39 is 0 Å². The first-order valence-electron chi connectivity index (χ1n) is 8.54. The Morgan fingerprint density at radius 1 is 1.24 bits per heavy atom. The predicted molar refractivity (Wildman–Crippen MR) is 99.5 cm³/mol. The maximum atomic E-state index is 13.1. The Kier molecular flexibility index (Phi) is 3.97. The summed E-state index contributed by atoms with van der Waals surface area (Å²) in [4.78, 5) is 30.3. The number of hydrogen-bond acceptors (Lipinski definition) is 3. The summed E-state index contributed by atoms with van der Waals surface area (Å²) >= 11 is 0. The van der Waals surface area contributed by atoms with Crippen molar-refractivity contribution in [2.45, 2.75) is 53.6 Å². The van der Waals surface area contributed by atoms with E-state index in [9.17, 15) is 9.59 Å². The van der Waals surface area contributed by atoms with Crippen LogP contribution in [0.15, 0.2) is 21.7 Å². The maximum Gasteiger partial charge on any atom is 0.332 e. The third-order valence-electron chi connectivity index (χ3n) is 5.02. The van der Waals surface area contributed by atoms with Gasteiger partial charge in [-0.25, -0.2) is 4.79 Å². The zero-order valence-corrected chi connectivity index (χ0v) is 15.8. The summed E-state index contributed by atoms with van der Waals surface area (Å²) in [5.41, 5.74) is 2.98. The van der Waals surface area contributed by atoms with Crippen LogP contribution in [0.5, 0.6) is 0 Å². The van der Waals surface area contributed by atoms with Crippen LogP contribution in [0.4, 0.5) is 0 Å². The van der Waals surface area contributed by atoms with Crippen LogP contribution in [0, 0.1) is 13.8 Å². The Morgan fingerprint density at radius 2 is 1.88 bits per heavy atom. The van der Waals surface area contributed by atoms with Crippen LogP contribution in [0.3, 0.4) is 0 Å². The summed E-state index contributed by atoms with van der Waals surface area (Å²) in [6.45, 7) is 14.1. The highest BCUT2D eigenvalue weighted by atomic mass is 16.2. The van der Waals surface area contributed by atoms with E-state index in [0.717, 1.165) is 23.4 Å². The summed E-state index contributed by atoms with van der Waals surface area (Å²) in [7, 11) is 1.65. The van der Waals surface area contributed by atoms with Gasteiger partial charge >= 0.3 is 5.69 Å². The number of aromatic nitrogens is 5. The summed E-state index contributed by atoms with van der Waals surface area (Å²) in [6.07, 6.45) is 0.951. The quantitative estimate of drug-likeness (QED) is 0.683. The van der Waals surface area contributed by atoms with E-state index in [-0.39, 0.29) is 23.8 Å². The predicted octanol–water partition coefficient (Wildman–Crippen LogP) is 2.31. The number of fused-ring (bicyclic) bond motifs is 3. The molecule has 0 fully saturated rings. The summed E-state index contributed by atoms with van der Waals surface area (Å²) in [6, 6.07) is 0.252. The van der Waals surface area contributed by atoms with Gasteiger partial charge in [-0.05, 0) is 34.1 Å². The molecule has 1 atom stereocenters. The normalized spacial score (nSPS) is 13.0. The third-order valence-corrected chi connectivity index (χ3v) is 5.02. The number of rotatable bonds is 4. The van der Waals surface area contributed by atoms with E-state index >= 15 is 0 Å². The van der Waals surface area contributed by atoms with Crippen LogP contribution < -0.4 is 11.2 Å². The Balaban J connectivity index is 2.55. The fraction of sp³-hybridized carbons (Fsp3) is 0.500. The molecule has 0 spiro atoms. The molecule has 25 heavy (non-hydrogen) atoms. The van der Waals surface area contributed by atoms with Crippen molar-refractivity contribution in [3.63, 3.8) is 0 Å². The molecule has 0 aliphatic carbocycles. The molecule has 134 valence electrons. The van der Waals surface area contributed by atoms with Gasteiger partial charge in [0, 0.05) is 24.5 Å². The van der Waals surface area contributed by atoms with Crippen LogP contribution in [0.2, 0.25) is 0 Å². The van der Waals surface area contributed by atoms with Crippen molar-refractivity contribution in [1.82, 2.24) is 23.1 Å². The molecule has 3 aromatic heterocycles. The lowest BCUT2D eigenvalue weighted by Crippen LogP contribution is -2.39. The van der Waals surface area contributed by atoms with E-state index in [0.29, 0.717) is 16.9 Å². The van der Waals surface area contributed by atoms with E-state index in [2.05, 4.69) is 30.0 Å². The minimum atomic E-state index is -0.370. The highest BCUT2D eigenvalue weighted by Crippen LogP contribution is 2.25. The average Bonchev–Trinajstić information content (AvgIpc) is 3.05. The SMILES string of the molecule is C=C(C)Cn1c(=O)c2c(nc3n(C(C)CC)c(C)c(C)n23)n(C)c1=O. The van der Waals surface area contributed by atoms with Crippen molar-refractivity contribution in [3.8, 4) is 0 Å². The zero-order valence-electron chi connectivity index (χ0n) is 15.8. The van der Waals surface area contributed by atoms with Crippen molar-refractivity contribution in [2.75, 3.05) is 0 Å². The minimum absolute atomic E-state index is 0.207. The second kappa shape index (κ2) is 5.75. The standard InChI is InChI=1S/C18H25N5O2/c1-8-11(4)22-12(5)13(6)23-14-15(19-17(22)23)20(7)18(25)21(16(14)24)9-10(2)3/h11H,2,8-9H2,1,3-7H3. The van der Waals surface area contributed by atoms with Crippen molar-refractivity contribution in [2.24, 2.45) is 7.05 Å². The Labute approximate surface area is 145 Å². The third kappa shape index (κ3) is 2.29. The van der Waals surface area contributed by atoms with Crippen molar-refractivity contribution >= 4 is 16.9 Å². The van der Waals surface area contributed by atoms with Crippen molar-refractivity contribution < 1.29 is 0 Å². The molecule has 0 N–H and O–H groups in total. The van der Waals surface area contributed by atoms with Crippen LogP contribution in [0.25, 0.3) is 16.9 Å². The average molecular weight is 343 g/mol. The van der Waals surface area contributed by atoms with E-state index in [1.54, 1.807) is 14.0 Å². The number of imidazole rings is 2. The van der Waals surface area contributed by atoms with Gasteiger partial charge in [0.25, 0.3) is 5.56 Å². The molecular weight excluding hydrogens is 318 g/mol. The Bertz CT molecular complexity index is 1120. The zero-order chi connectivity index (χ0) is 18.6. The molecule has 0 bridgehead atoms. The van der Waals surface area contributed by atoms with Crippen molar-refractivity contribution in [1.29, 1.82) is 0 Å². The van der Waals surface area contributed by atoms with E-state index in [1.807, 2.05) is 18.2 Å². The highest BCUT2D eigenvalue weighted by molar-refractivity contribution is 5.76. The van der Waals surface area contributed by atoms with Crippen molar-refractivity contribution in [3.05, 3.63) is 44.4 Å². The van der Waals surface area contributed by atoms with Gasteiger partial charge in [-0.2, -0.15) is 4.98 Å². The number of nitrogens with zero attached hydrogens (tertiary/aromatic N) is 5. The topological polar surface area (TPSA) is 66.2 Å². The summed E-state index contributed by atoms with van der Waals surface area (Å²) < 4.78 is 6.70. The molecule has 0 saturated heterocycles. The van der Waals surface area contributed by atoms with E-state index in [4.69, 9.17) is 0 Å². The monoisotopic (exact) mass is 343 g/mol. The minimum Gasteiger partial charge on any atom is -0.311 e. The largest absolute Gasteiger partial charge is 0.332 e. The molecule has 0 aromatic carbocycles. The maximum absolute atomic E-state index is 13.1. The van der Waals surface area contributed by atoms with Crippen LogP contribution in [-0.4, -0.2) is 23.1 Å². The van der Waals surface area contributed by atoms with Gasteiger partial charge in [-0.15, -0.1) is 0 Å². The van der Waals surface area contributed by atoms with Gasteiger partial charge in [0.05, 0.1) is 6.54 Å². The van der Waals surface area contributed by atoms with Crippen LogP contribution in [-0.2, 0) is 13.6 Å². The van der Waals surface area contributed by atoms with E-state index in [1.165, 1.54) is 9.13 Å². The van der Waals surface area contributed by atoms with Gasteiger partial charge < -0.3 is 4.57 Å². The van der Waals surface area contributed by atoms with Gasteiger partial charge in [0.1, 0.15) is 0 Å². The first-order valence-corrected chi connectivity index (χ1v) is 8.54. The number of aryl methyl sites for hydroxylation is 2. The molecular formula is C18H25N5O2. The summed E-state index contributed by atoms with van der Waals surface area (Å²) in [5.74, 6) is 0.708. The molecule has 7 nitrogen and oxygen atoms in total. The second-order valence-corrected chi connectivity index (χ2v) is 6.91. The fourth-order valence-electron chi connectivity index (χ4n) is 3.39. The molecule has 3 aromatic rings. The van der Waals surface area contributed by atoms with Gasteiger partial charge in [-0.1, -0.05) is 19.1 Å². The highest BCUT2D eigenvalue weighted by Gasteiger charge is 2.23. The molecule has 0 amide bonds. The molecule has 3 heterocycles. The second-order valence-electron chi connectivity index (χ2n) is 6.91. The molecule has 7 heteroatoms.